The van der Waals surface area contributed by atoms with Gasteiger partial charge in [0.25, 0.3) is 5.91 Å². The molecule has 4 nitrogen and oxygen atoms in total. The second-order valence-electron chi connectivity index (χ2n) is 2.07. The average molecular weight is 185 g/mol. The zero-order chi connectivity index (χ0) is 9.14. The lowest BCUT2D eigenvalue weighted by atomic mass is 10.1. The fourth-order valence-corrected chi connectivity index (χ4v) is 1.07. The van der Waals surface area contributed by atoms with E-state index in [0.717, 1.165) is 0 Å². The predicted molar refractivity (Wildman–Crippen MR) is 42.5 cm³/mol. The minimum atomic E-state index is -0.993. The van der Waals surface area contributed by atoms with Crippen LogP contribution in [0.5, 0.6) is 0 Å². The van der Waals surface area contributed by atoms with Crippen LogP contribution in [0.1, 0.15) is 0 Å². The van der Waals surface area contributed by atoms with E-state index >= 15 is 0 Å². The maximum atomic E-state index is 10.9. The third-order valence-electron chi connectivity index (χ3n) is 1.40. The number of nitriles is 1. The molecule has 1 atom stereocenters. The molecule has 0 aromatic rings. The van der Waals surface area contributed by atoms with Crippen molar-refractivity contribution in [2.45, 2.75) is 0 Å². The molecule has 1 aliphatic heterocycles. The minimum Gasteiger partial charge on any atom is -0.498 e. The molecule has 0 N–H and O–H groups in total. The second-order valence-corrected chi connectivity index (χ2v) is 2.48. The maximum absolute atomic E-state index is 10.9. The van der Waals surface area contributed by atoms with Gasteiger partial charge in [-0.05, 0) is 0 Å². The molecule has 0 radical (unpaired) electrons. The molecule has 62 valence electrons. The lowest BCUT2D eigenvalue weighted by Gasteiger charge is -2.13. The number of dihydropyridines is 1. The van der Waals surface area contributed by atoms with Gasteiger partial charge >= 0.3 is 0 Å². The molecule has 0 saturated carbocycles. The van der Waals surface area contributed by atoms with Gasteiger partial charge in [0.2, 0.25) is 0 Å². The lowest BCUT2D eigenvalue weighted by molar-refractivity contribution is -0.120. The number of nitrogens with zero attached hydrogens (tertiary/aromatic N) is 2. The topological polar surface area (TPSA) is 62.4 Å². The summed E-state index contributed by atoms with van der Waals surface area (Å²) in [7, 11) is 1.36. The highest BCUT2D eigenvalue weighted by atomic mass is 35.5. The summed E-state index contributed by atoms with van der Waals surface area (Å²) < 4.78 is 4.79. The van der Waals surface area contributed by atoms with Crippen LogP contribution in [0.4, 0.5) is 0 Å². The highest BCUT2D eigenvalue weighted by Gasteiger charge is 2.28. The van der Waals surface area contributed by atoms with E-state index in [9.17, 15) is 4.79 Å². The Hall–Kier alpha value is -1.34. The Morgan fingerprint density at radius 2 is 2.50 bits per heavy atom. The third kappa shape index (κ3) is 1.31. The van der Waals surface area contributed by atoms with E-state index in [2.05, 4.69) is 4.99 Å². The number of methoxy groups -OCH3 is 1. The number of hydrogen-bond acceptors (Lipinski definition) is 3. The van der Waals surface area contributed by atoms with Gasteiger partial charge in [0.1, 0.15) is 5.76 Å². The van der Waals surface area contributed by atoms with Crippen molar-refractivity contribution < 1.29 is 9.53 Å². The Labute approximate surface area is 74.1 Å². The number of carbonyl (C=O) groups is 1. The zero-order valence-corrected chi connectivity index (χ0v) is 7.00. The largest absolute Gasteiger partial charge is 0.498 e. The number of aliphatic imine (C=N–C) groups is 1. The van der Waals surface area contributed by atoms with E-state index in [1.165, 1.54) is 13.3 Å². The number of rotatable bonds is 1. The lowest BCUT2D eigenvalue weighted by Crippen LogP contribution is -2.19. The van der Waals surface area contributed by atoms with E-state index in [4.69, 9.17) is 21.6 Å². The fourth-order valence-electron chi connectivity index (χ4n) is 0.838. The number of allylic oxidation sites excluding steroid dienone is 1. The van der Waals surface area contributed by atoms with Crippen molar-refractivity contribution >= 4 is 23.7 Å². The highest BCUT2D eigenvalue weighted by Crippen LogP contribution is 2.22. The number of ether oxygens (including phenoxy) is 1. The molecule has 1 aliphatic rings. The van der Waals surface area contributed by atoms with Crippen molar-refractivity contribution in [2.24, 2.45) is 10.9 Å². The smallest absolute Gasteiger partial charge is 0.270 e. The summed E-state index contributed by atoms with van der Waals surface area (Å²) in [6.45, 7) is 0. The molecule has 1 amide bonds. The Bertz CT molecular complexity index is 314. The van der Waals surface area contributed by atoms with Crippen LogP contribution in [-0.4, -0.2) is 19.2 Å². The first-order valence-corrected chi connectivity index (χ1v) is 3.49. The number of amides is 1. The van der Waals surface area contributed by atoms with E-state index in [0.29, 0.717) is 0 Å². The standard InChI is InChI=1S/C7H5ClN2O2/c1-12-6-4(2-9)7(11)10-3-5(6)8/h3-4H,1H3. The fraction of sp³-hybridized carbons (Fsp3) is 0.286. The van der Waals surface area contributed by atoms with Crippen molar-refractivity contribution in [1.29, 1.82) is 5.26 Å². The first-order chi connectivity index (χ1) is 5.70. The van der Waals surface area contributed by atoms with Gasteiger partial charge < -0.3 is 4.74 Å². The summed E-state index contributed by atoms with van der Waals surface area (Å²) in [6.07, 6.45) is 1.18. The number of halogens is 1. The Balaban J connectivity index is 3.09. The van der Waals surface area contributed by atoms with Crippen LogP contribution < -0.4 is 0 Å². The summed E-state index contributed by atoms with van der Waals surface area (Å²) in [5, 5.41) is 8.76. The first-order valence-electron chi connectivity index (χ1n) is 3.12. The van der Waals surface area contributed by atoms with E-state index in [1.807, 2.05) is 0 Å². The molecule has 0 aromatic carbocycles. The number of carbonyl (C=O) groups excluding carboxylic acids is 1. The van der Waals surface area contributed by atoms with Crippen LogP contribution in [0, 0.1) is 17.2 Å². The van der Waals surface area contributed by atoms with Crippen molar-refractivity contribution in [3.05, 3.63) is 10.8 Å². The van der Waals surface area contributed by atoms with Crippen LogP contribution in [0.3, 0.4) is 0 Å². The molecule has 12 heavy (non-hydrogen) atoms. The molecule has 1 rings (SSSR count). The van der Waals surface area contributed by atoms with Gasteiger partial charge in [0.15, 0.2) is 5.92 Å². The van der Waals surface area contributed by atoms with Crippen molar-refractivity contribution in [3.8, 4) is 6.07 Å². The van der Waals surface area contributed by atoms with Gasteiger partial charge in [-0.2, -0.15) is 5.26 Å². The molecule has 0 aliphatic carbocycles. The van der Waals surface area contributed by atoms with E-state index in [-0.39, 0.29) is 10.8 Å². The van der Waals surface area contributed by atoms with Crippen molar-refractivity contribution in [1.82, 2.24) is 0 Å². The molecule has 1 heterocycles. The van der Waals surface area contributed by atoms with Gasteiger partial charge in [-0.1, -0.05) is 11.6 Å². The van der Waals surface area contributed by atoms with Crippen LogP contribution >= 0.6 is 11.6 Å². The summed E-state index contributed by atoms with van der Waals surface area (Å²) in [5.41, 5.74) is 0. The summed E-state index contributed by atoms with van der Waals surface area (Å²) in [6, 6.07) is 1.75. The molecule has 0 aromatic heterocycles. The summed E-state index contributed by atoms with van der Waals surface area (Å²) in [5.74, 6) is -1.37. The Morgan fingerprint density at radius 3 is 2.92 bits per heavy atom. The Kier molecular flexibility index (Phi) is 2.46. The van der Waals surface area contributed by atoms with Gasteiger partial charge in [-0.15, -0.1) is 0 Å². The second kappa shape index (κ2) is 3.37. The molecule has 1 unspecified atom stereocenters. The predicted octanol–water partition coefficient (Wildman–Crippen LogP) is 0.834. The van der Waals surface area contributed by atoms with E-state index < -0.39 is 11.8 Å². The average Bonchev–Trinajstić information content (AvgIpc) is 2.08. The summed E-state index contributed by atoms with van der Waals surface area (Å²) in [4.78, 5) is 14.4. The number of hydrogen-bond donors (Lipinski definition) is 0. The zero-order valence-electron chi connectivity index (χ0n) is 6.24. The van der Waals surface area contributed by atoms with Crippen LogP contribution in [-0.2, 0) is 9.53 Å². The quantitative estimate of drug-likeness (QED) is 0.607. The SMILES string of the molecule is COC1=C(Cl)C=NC(=O)C1C#N. The molecule has 0 bridgehead atoms. The van der Waals surface area contributed by atoms with Crippen LogP contribution in [0.2, 0.25) is 0 Å². The Morgan fingerprint density at radius 1 is 1.83 bits per heavy atom. The van der Waals surface area contributed by atoms with Gasteiger partial charge in [0.05, 0.1) is 24.4 Å². The van der Waals surface area contributed by atoms with Gasteiger partial charge in [-0.25, -0.2) is 4.99 Å². The van der Waals surface area contributed by atoms with Crippen molar-refractivity contribution in [2.75, 3.05) is 7.11 Å². The molecular formula is C7H5ClN2O2. The van der Waals surface area contributed by atoms with Crippen molar-refractivity contribution in [3.63, 3.8) is 0 Å². The van der Waals surface area contributed by atoms with Gasteiger partial charge in [0, 0.05) is 0 Å². The van der Waals surface area contributed by atoms with Crippen LogP contribution in [0.25, 0.3) is 0 Å². The maximum Gasteiger partial charge on any atom is 0.270 e. The molecule has 0 saturated heterocycles. The normalized spacial score (nSPS) is 22.4. The molecule has 5 heteroatoms. The molecule has 0 fully saturated rings. The highest BCUT2D eigenvalue weighted by molar-refractivity contribution is 6.40. The van der Waals surface area contributed by atoms with Crippen LogP contribution in [0.15, 0.2) is 15.8 Å². The van der Waals surface area contributed by atoms with Gasteiger partial charge in [-0.3, -0.25) is 4.79 Å². The third-order valence-corrected chi connectivity index (χ3v) is 1.68. The molecular weight excluding hydrogens is 180 g/mol. The molecule has 0 spiro atoms. The monoisotopic (exact) mass is 184 g/mol. The first kappa shape index (κ1) is 8.75. The summed E-state index contributed by atoms with van der Waals surface area (Å²) >= 11 is 5.62. The minimum absolute atomic E-state index is 0.166. The van der Waals surface area contributed by atoms with E-state index in [1.54, 1.807) is 6.07 Å².